The number of halogens is 1. The third-order valence-electron chi connectivity index (χ3n) is 4.76. The molecule has 2 aromatic heterocycles. The van der Waals surface area contributed by atoms with Crippen molar-refractivity contribution in [2.45, 2.75) is 38.1 Å². The molecule has 2 heterocycles. The summed E-state index contributed by atoms with van der Waals surface area (Å²) in [4.78, 5) is 7.69. The molecular formula is C19H20FN3. The first-order valence-electron chi connectivity index (χ1n) is 8.29. The van der Waals surface area contributed by atoms with Crippen LogP contribution in [0, 0.1) is 5.82 Å². The Morgan fingerprint density at radius 2 is 1.91 bits per heavy atom. The molecule has 0 spiro atoms. The number of H-pyrrole nitrogens is 1. The van der Waals surface area contributed by atoms with Crippen molar-refractivity contribution < 1.29 is 4.39 Å². The molecule has 0 saturated heterocycles. The van der Waals surface area contributed by atoms with Gasteiger partial charge in [-0.1, -0.05) is 31.4 Å². The Morgan fingerprint density at radius 3 is 2.65 bits per heavy atom. The number of nitrogens with zero attached hydrogens (tertiary/aromatic N) is 2. The number of benzene rings is 1. The lowest BCUT2D eigenvalue weighted by Gasteiger charge is -2.25. The molecule has 1 aliphatic rings. The maximum Gasteiger partial charge on any atom is 0.132 e. The molecule has 4 rings (SSSR count). The van der Waals surface area contributed by atoms with E-state index in [2.05, 4.69) is 14.5 Å². The van der Waals surface area contributed by atoms with Crippen LogP contribution in [0.4, 0.5) is 4.39 Å². The van der Waals surface area contributed by atoms with E-state index in [4.69, 9.17) is 0 Å². The maximum absolute atomic E-state index is 14.3. The van der Waals surface area contributed by atoms with Gasteiger partial charge in [-0.2, -0.15) is 0 Å². The fraction of sp³-hybridized carbons (Fsp3) is 0.316. The molecule has 0 aliphatic heterocycles. The van der Waals surface area contributed by atoms with Gasteiger partial charge in [0.05, 0.1) is 17.7 Å². The molecule has 0 amide bonds. The van der Waals surface area contributed by atoms with E-state index >= 15 is 0 Å². The number of aromatic nitrogens is 3. The highest BCUT2D eigenvalue weighted by atomic mass is 19.1. The molecule has 1 fully saturated rings. The van der Waals surface area contributed by atoms with Crippen LogP contribution in [0.2, 0.25) is 0 Å². The Bertz CT molecular complexity index is 783. The van der Waals surface area contributed by atoms with Gasteiger partial charge in [-0.3, -0.25) is 0 Å². The van der Waals surface area contributed by atoms with E-state index in [0.717, 1.165) is 17.0 Å². The first kappa shape index (κ1) is 14.2. The topological polar surface area (TPSA) is 33.6 Å². The summed E-state index contributed by atoms with van der Waals surface area (Å²) in [5.74, 6) is -0.224. The van der Waals surface area contributed by atoms with Crippen LogP contribution in [-0.2, 0) is 0 Å². The summed E-state index contributed by atoms with van der Waals surface area (Å²) in [6.07, 6.45) is 11.9. The summed E-state index contributed by atoms with van der Waals surface area (Å²) in [7, 11) is 0. The highest BCUT2D eigenvalue weighted by Gasteiger charge is 2.23. The van der Waals surface area contributed by atoms with Crippen molar-refractivity contribution in [1.29, 1.82) is 0 Å². The molecule has 1 aromatic carbocycles. The van der Waals surface area contributed by atoms with Gasteiger partial charge in [0.2, 0.25) is 0 Å². The summed E-state index contributed by atoms with van der Waals surface area (Å²) in [5, 5.41) is 0. The minimum absolute atomic E-state index is 0.224. The van der Waals surface area contributed by atoms with Crippen LogP contribution in [-0.4, -0.2) is 14.5 Å². The zero-order chi connectivity index (χ0) is 15.6. The van der Waals surface area contributed by atoms with E-state index in [-0.39, 0.29) is 5.82 Å². The molecule has 0 atom stereocenters. The molecule has 1 saturated carbocycles. The monoisotopic (exact) mass is 309 g/mol. The third-order valence-corrected chi connectivity index (χ3v) is 4.76. The second-order valence-corrected chi connectivity index (χ2v) is 6.22. The normalized spacial score (nSPS) is 15.9. The van der Waals surface area contributed by atoms with Crippen LogP contribution >= 0.6 is 0 Å². The van der Waals surface area contributed by atoms with Crippen LogP contribution < -0.4 is 0 Å². The molecule has 1 aliphatic carbocycles. The van der Waals surface area contributed by atoms with Crippen molar-refractivity contribution in [3.63, 3.8) is 0 Å². The molecule has 3 aromatic rings. The largest absolute Gasteiger partial charge is 0.367 e. The minimum atomic E-state index is -0.224. The van der Waals surface area contributed by atoms with E-state index in [0.29, 0.717) is 11.6 Å². The second kappa shape index (κ2) is 6.03. The number of hydrogen-bond acceptors (Lipinski definition) is 1. The number of hydrogen-bond donors (Lipinski definition) is 1. The van der Waals surface area contributed by atoms with E-state index in [1.165, 1.54) is 38.2 Å². The molecular weight excluding hydrogens is 289 g/mol. The SMILES string of the molecule is Fc1ccccc1-c1ncn(C2CCCCC2)c1-c1cc[nH]c1. The Morgan fingerprint density at radius 1 is 1.09 bits per heavy atom. The van der Waals surface area contributed by atoms with Gasteiger partial charge < -0.3 is 9.55 Å². The molecule has 3 nitrogen and oxygen atoms in total. The zero-order valence-electron chi connectivity index (χ0n) is 13.0. The third kappa shape index (κ3) is 2.58. The number of aromatic amines is 1. The summed E-state index contributed by atoms with van der Waals surface area (Å²) in [6, 6.07) is 9.36. The molecule has 23 heavy (non-hydrogen) atoms. The predicted molar refractivity (Wildman–Crippen MR) is 89.5 cm³/mol. The lowest BCUT2D eigenvalue weighted by atomic mass is 9.94. The Labute approximate surface area is 135 Å². The number of nitrogens with one attached hydrogen (secondary N) is 1. The number of imidazole rings is 1. The van der Waals surface area contributed by atoms with Crippen molar-refractivity contribution in [2.24, 2.45) is 0 Å². The van der Waals surface area contributed by atoms with Crippen molar-refractivity contribution >= 4 is 0 Å². The molecule has 1 N–H and O–H groups in total. The summed E-state index contributed by atoms with van der Waals surface area (Å²) in [6.45, 7) is 0. The first-order valence-corrected chi connectivity index (χ1v) is 8.29. The average molecular weight is 309 g/mol. The predicted octanol–water partition coefficient (Wildman–Crippen LogP) is 5.19. The second-order valence-electron chi connectivity index (χ2n) is 6.22. The average Bonchev–Trinajstić information content (AvgIpc) is 3.25. The van der Waals surface area contributed by atoms with Gasteiger partial charge in [-0.15, -0.1) is 0 Å². The summed E-state index contributed by atoms with van der Waals surface area (Å²) in [5.41, 5.74) is 3.38. The van der Waals surface area contributed by atoms with Gasteiger partial charge in [0.1, 0.15) is 5.82 Å². The minimum Gasteiger partial charge on any atom is -0.367 e. The molecule has 118 valence electrons. The van der Waals surface area contributed by atoms with Gasteiger partial charge in [0.25, 0.3) is 0 Å². The van der Waals surface area contributed by atoms with Gasteiger partial charge in [0.15, 0.2) is 0 Å². The van der Waals surface area contributed by atoms with Crippen molar-refractivity contribution in [2.75, 3.05) is 0 Å². The fourth-order valence-electron chi connectivity index (χ4n) is 3.60. The van der Waals surface area contributed by atoms with Crippen LogP contribution in [0.1, 0.15) is 38.1 Å². The fourth-order valence-corrected chi connectivity index (χ4v) is 3.60. The highest BCUT2D eigenvalue weighted by Crippen LogP contribution is 2.38. The number of rotatable bonds is 3. The summed E-state index contributed by atoms with van der Waals surface area (Å²) < 4.78 is 16.5. The van der Waals surface area contributed by atoms with Crippen LogP contribution in [0.5, 0.6) is 0 Å². The first-order chi connectivity index (χ1) is 11.3. The van der Waals surface area contributed by atoms with Gasteiger partial charge in [-0.05, 0) is 31.0 Å². The van der Waals surface area contributed by atoms with E-state index in [9.17, 15) is 4.39 Å². The molecule has 0 bridgehead atoms. The smallest absolute Gasteiger partial charge is 0.132 e. The van der Waals surface area contributed by atoms with Gasteiger partial charge >= 0.3 is 0 Å². The standard InChI is InChI=1S/C19H20FN3/c20-17-9-5-4-8-16(17)18-19(14-10-11-21-12-14)23(13-22-18)15-6-2-1-3-7-15/h4-5,8-13,15,21H,1-3,6-7H2. The van der Waals surface area contributed by atoms with Crippen LogP contribution in [0.15, 0.2) is 49.1 Å². The van der Waals surface area contributed by atoms with Crippen LogP contribution in [0.3, 0.4) is 0 Å². The Kier molecular flexibility index (Phi) is 3.74. The van der Waals surface area contributed by atoms with E-state index < -0.39 is 0 Å². The lowest BCUT2D eigenvalue weighted by Crippen LogP contribution is -2.13. The maximum atomic E-state index is 14.3. The van der Waals surface area contributed by atoms with E-state index in [1.54, 1.807) is 12.1 Å². The van der Waals surface area contributed by atoms with Crippen LogP contribution in [0.25, 0.3) is 22.5 Å². The zero-order valence-corrected chi connectivity index (χ0v) is 13.0. The van der Waals surface area contributed by atoms with Crippen molar-refractivity contribution in [3.05, 3.63) is 54.9 Å². The quantitative estimate of drug-likeness (QED) is 0.709. The molecule has 4 heteroatoms. The van der Waals surface area contributed by atoms with Gasteiger partial charge in [0, 0.05) is 29.6 Å². The lowest BCUT2D eigenvalue weighted by molar-refractivity contribution is 0.355. The van der Waals surface area contributed by atoms with Crippen molar-refractivity contribution in [3.8, 4) is 22.5 Å². The Hall–Kier alpha value is -2.36. The molecule has 0 radical (unpaired) electrons. The highest BCUT2D eigenvalue weighted by molar-refractivity contribution is 5.78. The Balaban J connectivity index is 1.87. The molecule has 0 unspecified atom stereocenters. The van der Waals surface area contributed by atoms with Gasteiger partial charge in [-0.25, -0.2) is 9.37 Å². The summed E-state index contributed by atoms with van der Waals surface area (Å²) >= 11 is 0. The van der Waals surface area contributed by atoms with E-state index in [1.807, 2.05) is 30.9 Å². The van der Waals surface area contributed by atoms with Crippen molar-refractivity contribution in [1.82, 2.24) is 14.5 Å².